The van der Waals surface area contributed by atoms with E-state index in [2.05, 4.69) is 10.6 Å². The number of carbonyl (C=O) groups is 1. The highest BCUT2D eigenvalue weighted by molar-refractivity contribution is 14.0. The third-order valence-electron chi connectivity index (χ3n) is 4.41. The standard InChI is InChI=1S/C21H34N4O3.HI/c1-6-22-19(24-17-11-13-25(14-12-17)20(26)27-5)23-15-16-9-7-8-10-18(16)28-21(2,3)4;/h7-10,17H,6,11-15H2,1-5H3,(H2,22,23,24);1H. The predicted octanol–water partition coefficient (Wildman–Crippen LogP) is 3.77. The second kappa shape index (κ2) is 12.1. The van der Waals surface area contributed by atoms with Gasteiger partial charge in [-0.25, -0.2) is 9.79 Å². The van der Waals surface area contributed by atoms with Gasteiger partial charge in [-0.05, 0) is 46.6 Å². The molecular formula is C21H35IN4O3. The number of aliphatic imine (C=N–C) groups is 1. The van der Waals surface area contributed by atoms with Gasteiger partial charge in [-0.15, -0.1) is 24.0 Å². The lowest BCUT2D eigenvalue weighted by Crippen LogP contribution is -2.49. The number of ether oxygens (including phenoxy) is 2. The number of nitrogens with one attached hydrogen (secondary N) is 2. The van der Waals surface area contributed by atoms with Crippen molar-refractivity contribution in [3.8, 4) is 5.75 Å². The fourth-order valence-electron chi connectivity index (χ4n) is 3.08. The van der Waals surface area contributed by atoms with Crippen LogP contribution in [0.4, 0.5) is 4.79 Å². The quantitative estimate of drug-likeness (QED) is 0.353. The number of hydrogen-bond donors (Lipinski definition) is 2. The van der Waals surface area contributed by atoms with E-state index in [1.165, 1.54) is 7.11 Å². The number of carbonyl (C=O) groups excluding carboxylic acids is 1. The van der Waals surface area contributed by atoms with E-state index in [0.717, 1.165) is 36.7 Å². The van der Waals surface area contributed by atoms with Crippen LogP contribution >= 0.6 is 24.0 Å². The molecule has 0 bridgehead atoms. The Bertz CT molecular complexity index is 668. The zero-order valence-electron chi connectivity index (χ0n) is 18.2. The topological polar surface area (TPSA) is 75.2 Å². The normalized spacial score (nSPS) is 15.3. The molecule has 1 fully saturated rings. The molecule has 164 valence electrons. The van der Waals surface area contributed by atoms with E-state index in [4.69, 9.17) is 14.5 Å². The van der Waals surface area contributed by atoms with Crippen LogP contribution in [0.25, 0.3) is 0 Å². The molecule has 0 atom stereocenters. The Morgan fingerprint density at radius 3 is 2.48 bits per heavy atom. The SMILES string of the molecule is CCNC(=NCc1ccccc1OC(C)(C)C)NC1CCN(C(=O)OC)CC1.I. The average molecular weight is 518 g/mol. The summed E-state index contributed by atoms with van der Waals surface area (Å²) in [5.74, 6) is 1.64. The monoisotopic (exact) mass is 518 g/mol. The first-order valence-corrected chi connectivity index (χ1v) is 9.97. The molecule has 0 spiro atoms. The molecule has 1 aromatic rings. The van der Waals surface area contributed by atoms with E-state index in [1.807, 2.05) is 52.0 Å². The minimum atomic E-state index is -0.255. The molecule has 1 saturated heterocycles. The van der Waals surface area contributed by atoms with Crippen molar-refractivity contribution in [3.63, 3.8) is 0 Å². The molecule has 29 heavy (non-hydrogen) atoms. The summed E-state index contributed by atoms with van der Waals surface area (Å²) in [5, 5.41) is 6.80. The fourth-order valence-corrected chi connectivity index (χ4v) is 3.08. The van der Waals surface area contributed by atoms with Crippen LogP contribution in [0, 0.1) is 0 Å². The number of para-hydroxylation sites is 1. The lowest BCUT2D eigenvalue weighted by atomic mass is 10.1. The zero-order chi connectivity index (χ0) is 20.6. The number of halogens is 1. The number of nitrogens with zero attached hydrogens (tertiary/aromatic N) is 2. The summed E-state index contributed by atoms with van der Waals surface area (Å²) in [6, 6.07) is 8.29. The average Bonchev–Trinajstić information content (AvgIpc) is 2.66. The Labute approximate surface area is 191 Å². The largest absolute Gasteiger partial charge is 0.488 e. The number of amides is 1. The molecule has 7 nitrogen and oxygen atoms in total. The fraction of sp³-hybridized carbons (Fsp3) is 0.619. The number of hydrogen-bond acceptors (Lipinski definition) is 4. The van der Waals surface area contributed by atoms with Crippen molar-refractivity contribution >= 4 is 36.0 Å². The van der Waals surface area contributed by atoms with E-state index in [0.29, 0.717) is 19.6 Å². The maximum Gasteiger partial charge on any atom is 0.409 e. The van der Waals surface area contributed by atoms with Gasteiger partial charge in [0.05, 0.1) is 13.7 Å². The van der Waals surface area contributed by atoms with Crippen LogP contribution < -0.4 is 15.4 Å². The first kappa shape index (κ1) is 25.3. The summed E-state index contributed by atoms with van der Waals surface area (Å²) >= 11 is 0. The third kappa shape index (κ3) is 8.67. The van der Waals surface area contributed by atoms with Crippen molar-refractivity contribution in [1.29, 1.82) is 0 Å². The molecule has 0 radical (unpaired) electrons. The van der Waals surface area contributed by atoms with Crippen LogP contribution in [0.1, 0.15) is 46.1 Å². The Balaban J connectivity index is 0.00000420. The summed E-state index contributed by atoms with van der Waals surface area (Å²) in [5.41, 5.74) is 0.797. The van der Waals surface area contributed by atoms with Crippen LogP contribution in [-0.4, -0.2) is 55.3 Å². The zero-order valence-corrected chi connectivity index (χ0v) is 20.5. The number of guanidine groups is 1. The van der Waals surface area contributed by atoms with Crippen molar-refractivity contribution in [3.05, 3.63) is 29.8 Å². The van der Waals surface area contributed by atoms with Crippen molar-refractivity contribution < 1.29 is 14.3 Å². The van der Waals surface area contributed by atoms with Gasteiger partial charge in [-0.2, -0.15) is 0 Å². The summed E-state index contributed by atoms with van der Waals surface area (Å²) in [6.07, 6.45) is 1.47. The Hall–Kier alpha value is -1.71. The first-order chi connectivity index (χ1) is 13.3. The summed E-state index contributed by atoms with van der Waals surface area (Å²) in [4.78, 5) is 18.1. The van der Waals surface area contributed by atoms with E-state index in [9.17, 15) is 4.79 Å². The number of methoxy groups -OCH3 is 1. The van der Waals surface area contributed by atoms with Gasteiger partial charge in [0.15, 0.2) is 5.96 Å². The molecule has 1 aliphatic rings. The number of rotatable bonds is 5. The maximum absolute atomic E-state index is 11.6. The van der Waals surface area contributed by atoms with E-state index in [-0.39, 0.29) is 41.7 Å². The van der Waals surface area contributed by atoms with Gasteiger partial charge >= 0.3 is 6.09 Å². The molecule has 0 aromatic heterocycles. The van der Waals surface area contributed by atoms with Crippen molar-refractivity contribution in [2.45, 2.75) is 58.7 Å². The molecule has 1 aromatic carbocycles. The Kier molecular flexibility index (Phi) is 10.6. The molecule has 0 aliphatic carbocycles. The molecule has 1 heterocycles. The smallest absolute Gasteiger partial charge is 0.409 e. The second-order valence-electron chi connectivity index (χ2n) is 7.89. The van der Waals surface area contributed by atoms with Gasteiger partial charge in [-0.1, -0.05) is 18.2 Å². The number of benzene rings is 1. The van der Waals surface area contributed by atoms with E-state index < -0.39 is 0 Å². The summed E-state index contributed by atoms with van der Waals surface area (Å²) in [7, 11) is 1.42. The first-order valence-electron chi connectivity index (χ1n) is 9.97. The minimum absolute atomic E-state index is 0. The molecule has 2 N–H and O–H groups in total. The van der Waals surface area contributed by atoms with Crippen LogP contribution in [0.5, 0.6) is 5.75 Å². The van der Waals surface area contributed by atoms with Gasteiger partial charge < -0.3 is 25.0 Å². The molecular weight excluding hydrogens is 483 g/mol. The third-order valence-corrected chi connectivity index (χ3v) is 4.41. The van der Waals surface area contributed by atoms with Gasteiger partial charge in [-0.3, -0.25) is 0 Å². The predicted molar refractivity (Wildman–Crippen MR) is 127 cm³/mol. The van der Waals surface area contributed by atoms with Gasteiger partial charge in [0.25, 0.3) is 0 Å². The lowest BCUT2D eigenvalue weighted by Gasteiger charge is -2.32. The van der Waals surface area contributed by atoms with Crippen LogP contribution in [0.15, 0.2) is 29.3 Å². The van der Waals surface area contributed by atoms with Gasteiger partial charge in [0.1, 0.15) is 11.4 Å². The van der Waals surface area contributed by atoms with Gasteiger partial charge in [0, 0.05) is 31.2 Å². The van der Waals surface area contributed by atoms with Crippen molar-refractivity contribution in [2.75, 3.05) is 26.7 Å². The molecule has 1 amide bonds. The van der Waals surface area contributed by atoms with Crippen molar-refractivity contribution in [2.24, 2.45) is 4.99 Å². The van der Waals surface area contributed by atoms with E-state index >= 15 is 0 Å². The molecule has 0 unspecified atom stereocenters. The second-order valence-corrected chi connectivity index (χ2v) is 7.89. The summed E-state index contributed by atoms with van der Waals surface area (Å²) in [6.45, 7) is 10.9. The minimum Gasteiger partial charge on any atom is -0.488 e. The molecule has 0 saturated carbocycles. The van der Waals surface area contributed by atoms with Crippen molar-refractivity contribution in [1.82, 2.24) is 15.5 Å². The number of piperidine rings is 1. The number of likely N-dealkylation sites (tertiary alicyclic amines) is 1. The van der Waals surface area contributed by atoms with Crippen LogP contribution in [-0.2, 0) is 11.3 Å². The van der Waals surface area contributed by atoms with Gasteiger partial charge in [0.2, 0.25) is 0 Å². The Morgan fingerprint density at radius 2 is 1.90 bits per heavy atom. The maximum atomic E-state index is 11.6. The van der Waals surface area contributed by atoms with Crippen LogP contribution in [0.2, 0.25) is 0 Å². The van der Waals surface area contributed by atoms with E-state index in [1.54, 1.807) is 4.90 Å². The van der Waals surface area contributed by atoms with Crippen LogP contribution in [0.3, 0.4) is 0 Å². The highest BCUT2D eigenvalue weighted by Crippen LogP contribution is 2.23. The molecule has 8 heteroatoms. The summed E-state index contributed by atoms with van der Waals surface area (Å²) < 4.78 is 10.9. The Morgan fingerprint density at radius 1 is 1.24 bits per heavy atom. The molecule has 1 aliphatic heterocycles. The lowest BCUT2D eigenvalue weighted by molar-refractivity contribution is 0.111. The highest BCUT2D eigenvalue weighted by atomic mass is 127. The molecule has 2 rings (SSSR count). The highest BCUT2D eigenvalue weighted by Gasteiger charge is 2.23.